The second-order valence-electron chi connectivity index (χ2n) is 8.69. The first-order valence-electron chi connectivity index (χ1n) is 11.1. The van der Waals surface area contributed by atoms with Crippen molar-refractivity contribution in [3.8, 4) is 11.5 Å². The molecule has 3 heterocycles. The maximum absolute atomic E-state index is 6.28. The van der Waals surface area contributed by atoms with Crippen molar-refractivity contribution in [1.29, 1.82) is 0 Å². The third-order valence-corrected chi connectivity index (χ3v) is 6.12. The Balaban J connectivity index is 1.24. The molecule has 0 bridgehead atoms. The van der Waals surface area contributed by atoms with E-state index in [0.717, 1.165) is 63.4 Å². The highest BCUT2D eigenvalue weighted by atomic mass is 16.6. The van der Waals surface area contributed by atoms with Crippen molar-refractivity contribution in [1.82, 2.24) is 4.90 Å². The van der Waals surface area contributed by atoms with Gasteiger partial charge in [0, 0.05) is 32.7 Å². The fourth-order valence-corrected chi connectivity index (χ4v) is 4.54. The van der Waals surface area contributed by atoms with E-state index in [9.17, 15) is 0 Å². The summed E-state index contributed by atoms with van der Waals surface area (Å²) in [6.07, 6.45) is 4.69. The topological polar surface area (TPSA) is 49.4 Å². The number of piperidine rings is 1. The number of benzene rings is 1. The van der Waals surface area contributed by atoms with Crippen LogP contribution in [0.2, 0.25) is 0 Å². The van der Waals surface area contributed by atoms with Gasteiger partial charge in [-0.25, -0.2) is 0 Å². The second-order valence-corrected chi connectivity index (χ2v) is 8.69. The predicted molar refractivity (Wildman–Crippen MR) is 111 cm³/mol. The minimum absolute atomic E-state index is 0.00880. The lowest BCUT2D eigenvalue weighted by atomic mass is 9.83. The number of nitrogens with zero attached hydrogens (tertiary/aromatic N) is 1. The van der Waals surface area contributed by atoms with Crippen molar-refractivity contribution >= 4 is 0 Å². The van der Waals surface area contributed by atoms with E-state index >= 15 is 0 Å². The lowest BCUT2D eigenvalue weighted by molar-refractivity contribution is -0.159. The molecule has 162 valence electrons. The first-order chi connectivity index (χ1) is 14.1. The van der Waals surface area contributed by atoms with Gasteiger partial charge in [-0.1, -0.05) is 6.07 Å². The third kappa shape index (κ3) is 5.63. The molecule has 2 fully saturated rings. The summed E-state index contributed by atoms with van der Waals surface area (Å²) in [5, 5.41) is 0. The molecule has 1 aromatic rings. The Morgan fingerprint density at radius 3 is 2.66 bits per heavy atom. The Kier molecular flexibility index (Phi) is 6.96. The molecule has 1 spiro atoms. The number of rotatable bonds is 7. The fraction of sp³-hybridized carbons (Fsp3) is 0.739. The van der Waals surface area contributed by atoms with Crippen LogP contribution in [-0.4, -0.2) is 68.8 Å². The van der Waals surface area contributed by atoms with Gasteiger partial charge in [-0.15, -0.1) is 0 Å². The van der Waals surface area contributed by atoms with E-state index < -0.39 is 0 Å². The van der Waals surface area contributed by atoms with Crippen LogP contribution in [0, 0.1) is 0 Å². The highest BCUT2D eigenvalue weighted by Gasteiger charge is 2.40. The van der Waals surface area contributed by atoms with E-state index in [1.807, 2.05) is 6.07 Å². The number of ether oxygens (including phenoxy) is 5. The lowest BCUT2D eigenvalue weighted by Gasteiger charge is -2.46. The summed E-state index contributed by atoms with van der Waals surface area (Å²) in [4.78, 5) is 2.51. The van der Waals surface area contributed by atoms with Crippen LogP contribution in [0.1, 0.15) is 45.1 Å². The number of hydrogen-bond donors (Lipinski definition) is 0. The quantitative estimate of drug-likeness (QED) is 0.648. The van der Waals surface area contributed by atoms with Gasteiger partial charge in [-0.3, -0.25) is 4.90 Å². The smallest absolute Gasteiger partial charge is 0.161 e. The van der Waals surface area contributed by atoms with Gasteiger partial charge in [0.05, 0.1) is 31.0 Å². The standard InChI is InChI=1S/C23H35NO5/c1-18(2)25-11-12-26-20-5-10-29-23(16-20)6-8-24(9-7-23)17-19-3-4-21-22(15-19)28-14-13-27-21/h3-4,15,18,20H,5-14,16-17H2,1-2H3. The summed E-state index contributed by atoms with van der Waals surface area (Å²) in [5.74, 6) is 1.73. The highest BCUT2D eigenvalue weighted by molar-refractivity contribution is 5.43. The van der Waals surface area contributed by atoms with Gasteiger partial charge in [0.2, 0.25) is 0 Å². The molecule has 1 unspecified atom stereocenters. The molecule has 4 rings (SSSR count). The Morgan fingerprint density at radius 1 is 1.07 bits per heavy atom. The first-order valence-corrected chi connectivity index (χ1v) is 11.1. The van der Waals surface area contributed by atoms with Crippen molar-refractivity contribution < 1.29 is 23.7 Å². The predicted octanol–water partition coefficient (Wildman–Crippen LogP) is 3.41. The maximum Gasteiger partial charge on any atom is 0.161 e. The summed E-state index contributed by atoms with van der Waals surface area (Å²) in [6.45, 7) is 10.6. The van der Waals surface area contributed by atoms with Gasteiger partial charge in [-0.05, 0) is 50.8 Å². The van der Waals surface area contributed by atoms with E-state index in [2.05, 4.69) is 30.9 Å². The molecule has 6 heteroatoms. The van der Waals surface area contributed by atoms with Crippen LogP contribution in [0.4, 0.5) is 0 Å². The van der Waals surface area contributed by atoms with Crippen molar-refractivity contribution in [3.63, 3.8) is 0 Å². The van der Waals surface area contributed by atoms with Gasteiger partial charge in [0.15, 0.2) is 11.5 Å². The Morgan fingerprint density at radius 2 is 1.86 bits per heavy atom. The van der Waals surface area contributed by atoms with Crippen LogP contribution < -0.4 is 9.47 Å². The van der Waals surface area contributed by atoms with E-state index in [0.29, 0.717) is 32.5 Å². The van der Waals surface area contributed by atoms with Gasteiger partial charge in [-0.2, -0.15) is 0 Å². The largest absolute Gasteiger partial charge is 0.486 e. The number of hydrogen-bond acceptors (Lipinski definition) is 6. The van der Waals surface area contributed by atoms with Crippen molar-refractivity contribution in [3.05, 3.63) is 23.8 Å². The molecule has 0 radical (unpaired) electrons. The Bertz CT molecular complexity index is 657. The van der Waals surface area contributed by atoms with Crippen LogP contribution >= 0.6 is 0 Å². The third-order valence-electron chi connectivity index (χ3n) is 6.12. The van der Waals surface area contributed by atoms with Crippen LogP contribution in [-0.2, 0) is 20.8 Å². The zero-order valence-corrected chi connectivity index (χ0v) is 17.9. The number of fused-ring (bicyclic) bond motifs is 1. The van der Waals surface area contributed by atoms with Crippen LogP contribution in [0.25, 0.3) is 0 Å². The first kappa shape index (κ1) is 20.9. The summed E-state index contributed by atoms with van der Waals surface area (Å²) in [6, 6.07) is 6.31. The molecule has 3 aliphatic rings. The summed E-state index contributed by atoms with van der Waals surface area (Å²) >= 11 is 0. The molecular formula is C23H35NO5. The second kappa shape index (κ2) is 9.65. The van der Waals surface area contributed by atoms with Crippen molar-refractivity contribution in [2.45, 2.75) is 63.9 Å². The van der Waals surface area contributed by atoms with Gasteiger partial charge < -0.3 is 23.7 Å². The molecule has 0 amide bonds. The van der Waals surface area contributed by atoms with Crippen LogP contribution in [0.5, 0.6) is 11.5 Å². The lowest BCUT2D eigenvalue weighted by Crippen LogP contribution is -2.50. The van der Waals surface area contributed by atoms with Crippen LogP contribution in [0.3, 0.4) is 0 Å². The molecule has 6 nitrogen and oxygen atoms in total. The molecular weight excluding hydrogens is 370 g/mol. The van der Waals surface area contributed by atoms with Gasteiger partial charge >= 0.3 is 0 Å². The number of likely N-dealkylation sites (tertiary alicyclic amines) is 1. The Labute approximate surface area is 174 Å². The molecule has 0 aromatic heterocycles. The molecule has 0 saturated carbocycles. The van der Waals surface area contributed by atoms with Crippen molar-refractivity contribution in [2.24, 2.45) is 0 Å². The van der Waals surface area contributed by atoms with E-state index in [4.69, 9.17) is 23.7 Å². The van der Waals surface area contributed by atoms with E-state index in [-0.39, 0.29) is 11.7 Å². The minimum Gasteiger partial charge on any atom is -0.486 e. The summed E-state index contributed by atoms with van der Waals surface area (Å²) < 4.78 is 29.3. The monoisotopic (exact) mass is 405 g/mol. The van der Waals surface area contributed by atoms with Gasteiger partial charge in [0.1, 0.15) is 13.2 Å². The average Bonchev–Trinajstić information content (AvgIpc) is 2.73. The zero-order valence-electron chi connectivity index (χ0n) is 17.9. The van der Waals surface area contributed by atoms with Crippen LogP contribution in [0.15, 0.2) is 18.2 Å². The molecule has 2 saturated heterocycles. The SMILES string of the molecule is CC(C)OCCOC1CCOC2(CCN(Cc3ccc4c(c3)OCCO4)CC2)C1. The van der Waals surface area contributed by atoms with E-state index in [1.165, 1.54) is 5.56 Å². The molecule has 1 atom stereocenters. The molecule has 3 aliphatic heterocycles. The maximum atomic E-state index is 6.28. The molecule has 0 N–H and O–H groups in total. The summed E-state index contributed by atoms with van der Waals surface area (Å²) in [5.41, 5.74) is 1.27. The molecule has 0 aliphatic carbocycles. The average molecular weight is 406 g/mol. The molecule has 29 heavy (non-hydrogen) atoms. The van der Waals surface area contributed by atoms with E-state index in [1.54, 1.807) is 0 Å². The fourth-order valence-electron chi connectivity index (χ4n) is 4.54. The van der Waals surface area contributed by atoms with Crippen molar-refractivity contribution in [2.75, 3.05) is 46.1 Å². The Hall–Kier alpha value is -1.34. The molecule has 1 aromatic carbocycles. The highest BCUT2D eigenvalue weighted by Crippen LogP contribution is 2.37. The summed E-state index contributed by atoms with van der Waals surface area (Å²) in [7, 11) is 0. The zero-order chi connectivity index (χ0) is 20.1. The van der Waals surface area contributed by atoms with Gasteiger partial charge in [0.25, 0.3) is 0 Å². The minimum atomic E-state index is -0.00880. The normalized spacial score (nSPS) is 24.2.